The SMILES string of the molecule is Brc1cnn2cc(-c3ccc(CC4CCCCC4)cc3)cnc12. The van der Waals surface area contributed by atoms with Gasteiger partial charge in [0, 0.05) is 18.0 Å². The fourth-order valence-electron chi connectivity index (χ4n) is 3.55. The number of aromatic nitrogens is 3. The average molecular weight is 370 g/mol. The summed E-state index contributed by atoms with van der Waals surface area (Å²) in [7, 11) is 0. The van der Waals surface area contributed by atoms with Crippen molar-refractivity contribution < 1.29 is 0 Å². The zero-order valence-electron chi connectivity index (χ0n) is 13.1. The predicted octanol–water partition coefficient (Wildman–Crippen LogP) is 5.28. The molecule has 3 nitrogen and oxygen atoms in total. The lowest BCUT2D eigenvalue weighted by atomic mass is 9.85. The Morgan fingerprint density at radius 3 is 2.57 bits per heavy atom. The lowest BCUT2D eigenvalue weighted by Gasteiger charge is -2.21. The van der Waals surface area contributed by atoms with Crippen molar-refractivity contribution in [2.75, 3.05) is 0 Å². The number of rotatable bonds is 3. The fourth-order valence-corrected chi connectivity index (χ4v) is 3.93. The van der Waals surface area contributed by atoms with E-state index < -0.39 is 0 Å². The van der Waals surface area contributed by atoms with E-state index in [4.69, 9.17) is 0 Å². The maximum absolute atomic E-state index is 4.49. The Morgan fingerprint density at radius 1 is 1.00 bits per heavy atom. The Morgan fingerprint density at radius 2 is 1.78 bits per heavy atom. The molecule has 2 heterocycles. The van der Waals surface area contributed by atoms with Crippen molar-refractivity contribution in [3.63, 3.8) is 0 Å². The second kappa shape index (κ2) is 6.44. The molecule has 3 aromatic rings. The van der Waals surface area contributed by atoms with E-state index in [1.807, 2.05) is 16.9 Å². The van der Waals surface area contributed by atoms with Crippen molar-refractivity contribution in [2.45, 2.75) is 38.5 Å². The van der Waals surface area contributed by atoms with E-state index in [1.54, 1.807) is 6.20 Å². The third-order valence-corrected chi connectivity index (χ3v) is 5.41. The van der Waals surface area contributed by atoms with Crippen LogP contribution in [0.5, 0.6) is 0 Å². The number of hydrogen-bond donors (Lipinski definition) is 0. The van der Waals surface area contributed by atoms with Crippen LogP contribution in [0.25, 0.3) is 16.8 Å². The molecule has 0 spiro atoms. The molecule has 2 aromatic heterocycles. The summed E-state index contributed by atoms with van der Waals surface area (Å²) in [4.78, 5) is 4.49. The first-order valence-corrected chi connectivity index (χ1v) is 9.17. The van der Waals surface area contributed by atoms with Gasteiger partial charge in [0.1, 0.15) is 0 Å². The summed E-state index contributed by atoms with van der Waals surface area (Å²) in [5.74, 6) is 0.883. The third kappa shape index (κ3) is 3.18. The van der Waals surface area contributed by atoms with E-state index in [0.717, 1.165) is 21.6 Å². The molecule has 0 saturated heterocycles. The molecule has 1 aliphatic rings. The van der Waals surface area contributed by atoms with Crippen molar-refractivity contribution in [3.8, 4) is 11.1 Å². The van der Waals surface area contributed by atoms with Crippen molar-refractivity contribution in [3.05, 3.63) is 52.9 Å². The molecule has 0 aliphatic heterocycles. The largest absolute Gasteiger partial charge is 0.235 e. The van der Waals surface area contributed by atoms with Crippen LogP contribution in [0, 0.1) is 5.92 Å². The Bertz CT molecular complexity index is 801. The topological polar surface area (TPSA) is 30.2 Å². The van der Waals surface area contributed by atoms with Gasteiger partial charge in [0.15, 0.2) is 5.65 Å². The first-order valence-electron chi connectivity index (χ1n) is 8.38. The van der Waals surface area contributed by atoms with E-state index in [2.05, 4.69) is 50.3 Å². The summed E-state index contributed by atoms with van der Waals surface area (Å²) in [6.07, 6.45) is 14.0. The summed E-state index contributed by atoms with van der Waals surface area (Å²) in [5.41, 5.74) is 4.59. The second-order valence-electron chi connectivity index (χ2n) is 6.51. The molecule has 1 saturated carbocycles. The molecule has 1 aromatic carbocycles. The predicted molar refractivity (Wildman–Crippen MR) is 96.4 cm³/mol. The van der Waals surface area contributed by atoms with Gasteiger partial charge < -0.3 is 0 Å². The smallest absolute Gasteiger partial charge is 0.169 e. The van der Waals surface area contributed by atoms with Gasteiger partial charge in [-0.2, -0.15) is 5.10 Å². The number of nitrogens with zero attached hydrogens (tertiary/aromatic N) is 3. The van der Waals surface area contributed by atoms with E-state index >= 15 is 0 Å². The van der Waals surface area contributed by atoms with Crippen LogP contribution in [0.1, 0.15) is 37.7 Å². The van der Waals surface area contributed by atoms with Gasteiger partial charge in [-0.3, -0.25) is 0 Å². The molecule has 1 fully saturated rings. The first kappa shape index (κ1) is 14.9. The maximum Gasteiger partial charge on any atom is 0.169 e. The van der Waals surface area contributed by atoms with Crippen molar-refractivity contribution in [2.24, 2.45) is 5.92 Å². The number of halogens is 1. The minimum absolute atomic E-state index is 0.850. The van der Waals surface area contributed by atoms with Crippen LogP contribution < -0.4 is 0 Å². The van der Waals surface area contributed by atoms with Gasteiger partial charge in [0.25, 0.3) is 0 Å². The lowest BCUT2D eigenvalue weighted by molar-refractivity contribution is 0.356. The Kier molecular flexibility index (Phi) is 4.17. The highest BCUT2D eigenvalue weighted by atomic mass is 79.9. The Balaban J connectivity index is 1.54. The maximum atomic E-state index is 4.49. The fraction of sp³-hybridized carbons (Fsp3) is 0.368. The summed E-state index contributed by atoms with van der Waals surface area (Å²) >= 11 is 3.46. The van der Waals surface area contributed by atoms with Gasteiger partial charge in [0.05, 0.1) is 10.7 Å². The molecule has 23 heavy (non-hydrogen) atoms. The van der Waals surface area contributed by atoms with Crippen LogP contribution in [0.3, 0.4) is 0 Å². The number of hydrogen-bond acceptors (Lipinski definition) is 2. The third-order valence-electron chi connectivity index (χ3n) is 4.85. The zero-order chi connectivity index (χ0) is 15.6. The first-order chi connectivity index (χ1) is 11.3. The van der Waals surface area contributed by atoms with Crippen LogP contribution in [0.2, 0.25) is 0 Å². The standard InChI is InChI=1S/C19H20BrN3/c20-18-12-22-23-13-17(11-21-19(18)23)16-8-6-15(7-9-16)10-14-4-2-1-3-5-14/h6-9,11-14H,1-5,10H2. The van der Waals surface area contributed by atoms with E-state index in [1.165, 1.54) is 49.7 Å². The van der Waals surface area contributed by atoms with Gasteiger partial charge >= 0.3 is 0 Å². The summed E-state index contributed by atoms with van der Waals surface area (Å²) in [6, 6.07) is 8.96. The van der Waals surface area contributed by atoms with Crippen molar-refractivity contribution in [1.82, 2.24) is 14.6 Å². The van der Waals surface area contributed by atoms with Crippen LogP contribution in [-0.4, -0.2) is 14.6 Å². The monoisotopic (exact) mass is 369 g/mol. The molecule has 0 amide bonds. The number of benzene rings is 1. The van der Waals surface area contributed by atoms with Gasteiger partial charge in [-0.25, -0.2) is 9.50 Å². The average Bonchev–Trinajstić information content (AvgIpc) is 2.97. The minimum Gasteiger partial charge on any atom is -0.235 e. The lowest BCUT2D eigenvalue weighted by Crippen LogP contribution is -2.09. The number of fused-ring (bicyclic) bond motifs is 1. The summed E-state index contributed by atoms with van der Waals surface area (Å²) in [5, 5.41) is 4.31. The van der Waals surface area contributed by atoms with Gasteiger partial charge in [-0.05, 0) is 39.4 Å². The highest BCUT2D eigenvalue weighted by Gasteiger charge is 2.14. The molecule has 0 radical (unpaired) electrons. The highest BCUT2D eigenvalue weighted by Crippen LogP contribution is 2.28. The van der Waals surface area contributed by atoms with Crippen LogP contribution in [0.4, 0.5) is 0 Å². The second-order valence-corrected chi connectivity index (χ2v) is 7.36. The van der Waals surface area contributed by atoms with Crippen LogP contribution >= 0.6 is 15.9 Å². The van der Waals surface area contributed by atoms with Gasteiger partial charge in [0.2, 0.25) is 0 Å². The van der Waals surface area contributed by atoms with E-state index in [0.29, 0.717) is 0 Å². The van der Waals surface area contributed by atoms with Crippen LogP contribution in [0.15, 0.2) is 47.3 Å². The van der Waals surface area contributed by atoms with E-state index in [-0.39, 0.29) is 0 Å². The normalized spacial score (nSPS) is 16.0. The van der Waals surface area contributed by atoms with Gasteiger partial charge in [-0.15, -0.1) is 0 Å². The Labute approximate surface area is 144 Å². The molecule has 0 bridgehead atoms. The Hall–Kier alpha value is -1.68. The van der Waals surface area contributed by atoms with Crippen LogP contribution in [-0.2, 0) is 6.42 Å². The van der Waals surface area contributed by atoms with Crippen molar-refractivity contribution >= 4 is 21.6 Å². The van der Waals surface area contributed by atoms with E-state index in [9.17, 15) is 0 Å². The molecule has 4 heteroatoms. The molecule has 118 valence electrons. The quantitative estimate of drug-likeness (QED) is 0.628. The molecular weight excluding hydrogens is 350 g/mol. The molecule has 0 unspecified atom stereocenters. The summed E-state index contributed by atoms with van der Waals surface area (Å²) < 4.78 is 2.74. The molecular formula is C19H20BrN3. The summed E-state index contributed by atoms with van der Waals surface area (Å²) in [6.45, 7) is 0. The minimum atomic E-state index is 0.850. The molecule has 1 aliphatic carbocycles. The zero-order valence-corrected chi connectivity index (χ0v) is 14.7. The van der Waals surface area contributed by atoms with Crippen molar-refractivity contribution in [1.29, 1.82) is 0 Å². The van der Waals surface area contributed by atoms with Gasteiger partial charge in [-0.1, -0.05) is 56.4 Å². The molecule has 0 atom stereocenters. The molecule has 4 rings (SSSR count). The highest BCUT2D eigenvalue weighted by molar-refractivity contribution is 9.10. The molecule has 0 N–H and O–H groups in total.